The van der Waals surface area contributed by atoms with Crippen molar-refractivity contribution in [3.8, 4) is 0 Å². The van der Waals surface area contributed by atoms with Crippen molar-refractivity contribution in [3.05, 3.63) is 33.8 Å². The molecule has 3 nitrogen and oxygen atoms in total. The lowest BCUT2D eigenvalue weighted by molar-refractivity contribution is 0.132. The molecule has 0 amide bonds. The van der Waals surface area contributed by atoms with Crippen LogP contribution in [0.3, 0.4) is 0 Å². The molecule has 1 heterocycles. The zero-order valence-electron chi connectivity index (χ0n) is 12.9. The highest BCUT2D eigenvalue weighted by Gasteiger charge is 2.20. The summed E-state index contributed by atoms with van der Waals surface area (Å²) in [4.78, 5) is 5.09. The summed E-state index contributed by atoms with van der Waals surface area (Å²) >= 11 is 3.76. The highest BCUT2D eigenvalue weighted by molar-refractivity contribution is 9.10. The lowest BCUT2D eigenvalue weighted by atomic mass is 10.1. The maximum absolute atomic E-state index is 3.76. The van der Waals surface area contributed by atoms with Gasteiger partial charge in [-0.25, -0.2) is 0 Å². The van der Waals surface area contributed by atoms with Crippen LogP contribution in [0.1, 0.15) is 30.9 Å². The first-order valence-corrected chi connectivity index (χ1v) is 8.99. The van der Waals surface area contributed by atoms with Gasteiger partial charge in [-0.2, -0.15) is 0 Å². The predicted molar refractivity (Wildman–Crippen MR) is 91.4 cm³/mol. The maximum atomic E-state index is 3.76. The van der Waals surface area contributed by atoms with Gasteiger partial charge in [-0.05, 0) is 36.6 Å². The number of hydrogen-bond acceptors (Lipinski definition) is 3. The van der Waals surface area contributed by atoms with Gasteiger partial charge in [0.15, 0.2) is 0 Å². The van der Waals surface area contributed by atoms with E-state index in [-0.39, 0.29) is 0 Å². The number of piperazine rings is 1. The van der Waals surface area contributed by atoms with Crippen molar-refractivity contribution in [3.63, 3.8) is 0 Å². The Morgan fingerprint density at radius 2 is 1.86 bits per heavy atom. The third kappa shape index (κ3) is 4.52. The van der Waals surface area contributed by atoms with E-state index in [2.05, 4.69) is 56.2 Å². The van der Waals surface area contributed by atoms with Crippen LogP contribution in [0.2, 0.25) is 0 Å². The van der Waals surface area contributed by atoms with E-state index in [4.69, 9.17) is 0 Å². The molecular weight excluding hydrogens is 326 g/mol. The second-order valence-corrected chi connectivity index (χ2v) is 7.15. The average molecular weight is 352 g/mol. The molecule has 21 heavy (non-hydrogen) atoms. The van der Waals surface area contributed by atoms with Crippen LogP contribution in [0.15, 0.2) is 22.7 Å². The molecule has 1 saturated carbocycles. The Balaban J connectivity index is 1.52. The van der Waals surface area contributed by atoms with Gasteiger partial charge in [0, 0.05) is 49.8 Å². The van der Waals surface area contributed by atoms with Crippen LogP contribution in [-0.4, -0.2) is 48.6 Å². The molecule has 2 aliphatic rings. The normalized spacial score (nSPS) is 20.9. The minimum Gasteiger partial charge on any atom is -0.310 e. The van der Waals surface area contributed by atoms with E-state index >= 15 is 0 Å². The average Bonchev–Trinajstić information content (AvgIpc) is 3.33. The van der Waals surface area contributed by atoms with Gasteiger partial charge in [0.25, 0.3) is 0 Å². The summed E-state index contributed by atoms with van der Waals surface area (Å²) in [7, 11) is 0. The Kier molecular flexibility index (Phi) is 5.33. The topological polar surface area (TPSA) is 18.5 Å². The first-order valence-electron chi connectivity index (χ1n) is 8.20. The summed E-state index contributed by atoms with van der Waals surface area (Å²) in [5, 5.41) is 3.58. The standard InChI is InChI=1S/C17H26BrN3/c1-2-20-7-9-21(10-8-20)13-15-4-3-14(11-17(15)18)12-19-16-5-6-16/h3-4,11,16,19H,2,5-10,12-13H2,1H3. The molecule has 4 heteroatoms. The first kappa shape index (κ1) is 15.5. The molecule has 2 fully saturated rings. The summed E-state index contributed by atoms with van der Waals surface area (Å²) < 4.78 is 1.26. The number of rotatable bonds is 6. The van der Waals surface area contributed by atoms with Crippen LogP contribution in [0.5, 0.6) is 0 Å². The van der Waals surface area contributed by atoms with Crippen LogP contribution < -0.4 is 5.32 Å². The SMILES string of the molecule is CCN1CCN(Cc2ccc(CNC3CC3)cc2Br)CC1. The van der Waals surface area contributed by atoms with Crippen molar-refractivity contribution in [2.45, 2.75) is 38.9 Å². The zero-order valence-corrected chi connectivity index (χ0v) is 14.5. The summed E-state index contributed by atoms with van der Waals surface area (Å²) in [6.07, 6.45) is 2.70. The van der Waals surface area contributed by atoms with E-state index in [0.717, 1.165) is 19.1 Å². The van der Waals surface area contributed by atoms with E-state index in [1.54, 1.807) is 0 Å². The smallest absolute Gasteiger partial charge is 0.0246 e. The third-order valence-corrected chi connectivity index (χ3v) is 5.33. The van der Waals surface area contributed by atoms with Crippen LogP contribution in [0, 0.1) is 0 Å². The molecule has 3 rings (SSSR count). The molecule has 0 aromatic heterocycles. The molecule has 0 bridgehead atoms. The summed E-state index contributed by atoms with van der Waals surface area (Å²) in [5.74, 6) is 0. The highest BCUT2D eigenvalue weighted by Crippen LogP contribution is 2.23. The molecule has 0 radical (unpaired) electrons. The van der Waals surface area contributed by atoms with Crippen LogP contribution >= 0.6 is 15.9 Å². The summed E-state index contributed by atoms with van der Waals surface area (Å²) in [5.41, 5.74) is 2.79. The monoisotopic (exact) mass is 351 g/mol. The number of nitrogens with zero attached hydrogens (tertiary/aromatic N) is 2. The van der Waals surface area contributed by atoms with Crippen LogP contribution in [0.25, 0.3) is 0 Å². The molecule has 0 atom stereocenters. The van der Waals surface area contributed by atoms with Gasteiger partial charge in [-0.1, -0.05) is 35.0 Å². The minimum atomic E-state index is 0.776. The Labute approximate surface area is 136 Å². The van der Waals surface area contributed by atoms with Crippen LogP contribution in [0.4, 0.5) is 0 Å². The van der Waals surface area contributed by atoms with Crippen molar-refractivity contribution < 1.29 is 0 Å². The predicted octanol–water partition coefficient (Wildman–Crippen LogP) is 2.84. The molecule has 1 aliphatic heterocycles. The van der Waals surface area contributed by atoms with E-state index in [0.29, 0.717) is 0 Å². The van der Waals surface area contributed by atoms with Gasteiger partial charge in [-0.15, -0.1) is 0 Å². The van der Waals surface area contributed by atoms with Gasteiger partial charge in [-0.3, -0.25) is 4.90 Å². The van der Waals surface area contributed by atoms with E-state index in [9.17, 15) is 0 Å². The maximum Gasteiger partial charge on any atom is 0.0246 e. The molecule has 1 aromatic rings. The van der Waals surface area contributed by atoms with Crippen molar-refractivity contribution >= 4 is 15.9 Å². The van der Waals surface area contributed by atoms with Crippen LogP contribution in [-0.2, 0) is 13.1 Å². The van der Waals surface area contributed by atoms with Crippen molar-refractivity contribution in [2.75, 3.05) is 32.7 Å². The van der Waals surface area contributed by atoms with E-state index < -0.39 is 0 Å². The Morgan fingerprint density at radius 1 is 1.14 bits per heavy atom. The number of hydrogen-bond donors (Lipinski definition) is 1. The molecule has 1 saturated heterocycles. The van der Waals surface area contributed by atoms with Gasteiger partial charge in [0.1, 0.15) is 0 Å². The third-order valence-electron chi connectivity index (χ3n) is 4.60. The second kappa shape index (κ2) is 7.23. The Morgan fingerprint density at radius 3 is 2.48 bits per heavy atom. The Bertz CT molecular complexity index is 465. The summed E-state index contributed by atoms with van der Waals surface area (Å²) in [6.45, 7) is 10.3. The second-order valence-electron chi connectivity index (χ2n) is 6.29. The van der Waals surface area contributed by atoms with E-state index in [1.807, 2.05) is 0 Å². The fraction of sp³-hybridized carbons (Fsp3) is 0.647. The zero-order chi connectivity index (χ0) is 14.7. The molecule has 1 N–H and O–H groups in total. The fourth-order valence-corrected chi connectivity index (χ4v) is 3.43. The summed E-state index contributed by atoms with van der Waals surface area (Å²) in [6, 6.07) is 7.63. The quantitative estimate of drug-likeness (QED) is 0.849. The molecular formula is C17H26BrN3. The molecule has 1 aromatic carbocycles. The van der Waals surface area contributed by atoms with Gasteiger partial charge < -0.3 is 10.2 Å². The lowest BCUT2D eigenvalue weighted by Gasteiger charge is -2.34. The first-order chi connectivity index (χ1) is 10.2. The molecule has 1 aliphatic carbocycles. The van der Waals surface area contributed by atoms with Crippen molar-refractivity contribution in [1.82, 2.24) is 15.1 Å². The molecule has 0 unspecified atom stereocenters. The lowest BCUT2D eigenvalue weighted by Crippen LogP contribution is -2.45. The van der Waals surface area contributed by atoms with E-state index in [1.165, 1.54) is 61.2 Å². The van der Waals surface area contributed by atoms with Crippen molar-refractivity contribution in [2.24, 2.45) is 0 Å². The van der Waals surface area contributed by atoms with Crippen molar-refractivity contribution in [1.29, 1.82) is 0 Å². The minimum absolute atomic E-state index is 0.776. The number of nitrogens with one attached hydrogen (secondary N) is 1. The van der Waals surface area contributed by atoms with Gasteiger partial charge >= 0.3 is 0 Å². The Hall–Kier alpha value is -0.420. The largest absolute Gasteiger partial charge is 0.310 e. The number of likely N-dealkylation sites (N-methyl/N-ethyl adjacent to an activating group) is 1. The molecule has 116 valence electrons. The number of halogens is 1. The fourth-order valence-electron chi connectivity index (χ4n) is 2.88. The van der Waals surface area contributed by atoms with Gasteiger partial charge in [0.05, 0.1) is 0 Å². The highest BCUT2D eigenvalue weighted by atomic mass is 79.9. The molecule has 0 spiro atoms. The number of benzene rings is 1. The van der Waals surface area contributed by atoms with Gasteiger partial charge in [0.2, 0.25) is 0 Å².